The fourth-order valence-electron chi connectivity index (χ4n) is 5.79. The molecule has 0 bridgehead atoms. The van der Waals surface area contributed by atoms with Gasteiger partial charge in [0.05, 0.1) is 22.5 Å². The Morgan fingerprint density at radius 1 is 1.16 bits per heavy atom. The van der Waals surface area contributed by atoms with Crippen molar-refractivity contribution in [1.82, 2.24) is 19.6 Å². The predicted molar refractivity (Wildman–Crippen MR) is 147 cm³/mol. The summed E-state index contributed by atoms with van der Waals surface area (Å²) in [5.41, 5.74) is 5.71. The van der Waals surface area contributed by atoms with Crippen LogP contribution >= 0.6 is 11.6 Å². The van der Waals surface area contributed by atoms with Crippen LogP contribution in [0.25, 0.3) is 11.6 Å². The van der Waals surface area contributed by atoms with Crippen LogP contribution in [0.1, 0.15) is 34.4 Å². The van der Waals surface area contributed by atoms with E-state index in [0.717, 1.165) is 49.3 Å². The number of nitrogens with zero attached hydrogens (tertiary/aromatic N) is 2. The summed E-state index contributed by atoms with van der Waals surface area (Å²) in [7, 11) is -3.15. The van der Waals surface area contributed by atoms with E-state index in [-0.39, 0.29) is 18.2 Å². The lowest BCUT2D eigenvalue weighted by Crippen LogP contribution is -2.33. The summed E-state index contributed by atoms with van der Waals surface area (Å²) in [6, 6.07) is 12.0. The van der Waals surface area contributed by atoms with Gasteiger partial charge in [-0.15, -0.1) is 0 Å². The fraction of sp³-hybridized carbons (Fsp3) is 0.357. The number of H-pyrrole nitrogens is 1. The van der Waals surface area contributed by atoms with Crippen LogP contribution in [-0.2, 0) is 29.6 Å². The molecule has 1 saturated carbocycles. The molecule has 1 aliphatic heterocycles. The number of aromatic nitrogens is 2. The van der Waals surface area contributed by atoms with E-state index >= 15 is 0 Å². The summed E-state index contributed by atoms with van der Waals surface area (Å²) < 4.78 is 31.8. The number of hydrogen-bond donors (Lipinski definition) is 2. The van der Waals surface area contributed by atoms with E-state index in [0.29, 0.717) is 28.2 Å². The van der Waals surface area contributed by atoms with Gasteiger partial charge in [0.15, 0.2) is 0 Å². The summed E-state index contributed by atoms with van der Waals surface area (Å²) in [5.74, 6) is 1.38. The lowest BCUT2D eigenvalue weighted by Gasteiger charge is -2.22. The van der Waals surface area contributed by atoms with E-state index in [2.05, 4.69) is 43.9 Å². The maximum atomic E-state index is 12.8. The van der Waals surface area contributed by atoms with Gasteiger partial charge in [-0.25, -0.2) is 13.1 Å². The highest BCUT2D eigenvalue weighted by molar-refractivity contribution is 7.88. The summed E-state index contributed by atoms with van der Waals surface area (Å²) >= 11 is 5.92. The number of piperidine rings is 1. The average molecular weight is 553 g/mol. The number of fused-ring (bicyclic) bond motifs is 2. The Morgan fingerprint density at radius 2 is 1.97 bits per heavy atom. The van der Waals surface area contributed by atoms with Crippen molar-refractivity contribution >= 4 is 33.3 Å². The third kappa shape index (κ3) is 5.42. The molecule has 2 aromatic heterocycles. The number of likely N-dealkylation sites (tertiary alicyclic amines) is 1. The summed E-state index contributed by atoms with van der Waals surface area (Å²) in [6.07, 6.45) is 8.08. The minimum Gasteiger partial charge on any atom is -0.486 e. The largest absolute Gasteiger partial charge is 0.486 e. The van der Waals surface area contributed by atoms with Crippen molar-refractivity contribution in [1.29, 1.82) is 0 Å². The number of rotatable bonds is 8. The van der Waals surface area contributed by atoms with E-state index in [1.807, 2.05) is 0 Å². The van der Waals surface area contributed by atoms with Gasteiger partial charge >= 0.3 is 0 Å². The molecule has 0 radical (unpaired) electrons. The first-order valence-corrected chi connectivity index (χ1v) is 15.0. The standard InChI is InChI=1S/C28H29ClN4O4S/c1-38(35,36)32-27-23-14-33(15-24(23)27)13-17-2-3-19-11-20(5-4-18(19)10-17)26-25(8-9-30-28(26)34)37-16-22-7-6-21(29)12-31-22/h2-3,6-12,23-24,27,32H,4-5,13-16H2,1H3,(H,30,34). The third-order valence-electron chi connectivity index (χ3n) is 7.63. The number of nitrogens with one attached hydrogen (secondary N) is 2. The second-order valence-corrected chi connectivity index (χ2v) is 12.7. The van der Waals surface area contributed by atoms with Gasteiger partial charge < -0.3 is 9.72 Å². The Morgan fingerprint density at radius 3 is 2.71 bits per heavy atom. The number of benzene rings is 1. The zero-order valence-corrected chi connectivity index (χ0v) is 22.6. The maximum Gasteiger partial charge on any atom is 0.259 e. The Balaban J connectivity index is 1.14. The van der Waals surface area contributed by atoms with Crippen LogP contribution in [0, 0.1) is 11.8 Å². The lowest BCUT2D eigenvalue weighted by atomic mass is 9.88. The molecule has 6 rings (SSSR count). The van der Waals surface area contributed by atoms with Crippen molar-refractivity contribution in [2.24, 2.45) is 11.8 Å². The van der Waals surface area contributed by atoms with Crippen LogP contribution < -0.4 is 15.0 Å². The zero-order chi connectivity index (χ0) is 26.4. The van der Waals surface area contributed by atoms with Gasteiger partial charge in [-0.05, 0) is 65.1 Å². The van der Waals surface area contributed by atoms with E-state index in [1.165, 1.54) is 17.4 Å². The van der Waals surface area contributed by atoms with Crippen LogP contribution in [0.2, 0.25) is 5.02 Å². The maximum absolute atomic E-state index is 12.8. The molecule has 1 aromatic carbocycles. The van der Waals surface area contributed by atoms with Crippen LogP contribution in [0.5, 0.6) is 5.75 Å². The molecule has 2 fully saturated rings. The first kappa shape index (κ1) is 25.3. The molecule has 0 spiro atoms. The van der Waals surface area contributed by atoms with Crippen molar-refractivity contribution in [3.05, 3.63) is 92.1 Å². The molecule has 0 amide bonds. The molecule has 38 heavy (non-hydrogen) atoms. The molecule has 3 aromatic rings. The van der Waals surface area contributed by atoms with Crippen molar-refractivity contribution in [3.63, 3.8) is 0 Å². The van der Waals surface area contributed by atoms with Crippen LogP contribution in [0.3, 0.4) is 0 Å². The molecule has 3 aliphatic rings. The first-order valence-electron chi connectivity index (χ1n) is 12.7. The molecule has 10 heteroatoms. The molecular formula is C28H29ClN4O4S. The SMILES string of the molecule is CS(=O)(=O)NC1C2CN(Cc3ccc4c(c3)CCC(c3c(OCc5ccc(Cl)cn5)cc[nH]c3=O)=C4)CC21. The Bertz CT molecular complexity index is 1560. The Kier molecular flexibility index (Phi) is 6.63. The highest BCUT2D eigenvalue weighted by atomic mass is 35.5. The molecule has 1 saturated heterocycles. The molecule has 2 N–H and O–H groups in total. The molecule has 198 valence electrons. The number of ether oxygens (including phenoxy) is 1. The molecular weight excluding hydrogens is 524 g/mol. The highest BCUT2D eigenvalue weighted by Crippen LogP contribution is 2.46. The van der Waals surface area contributed by atoms with Crippen molar-refractivity contribution in [3.8, 4) is 5.75 Å². The van der Waals surface area contributed by atoms with Gasteiger partial charge in [0, 0.05) is 38.1 Å². The van der Waals surface area contributed by atoms with Gasteiger partial charge in [-0.2, -0.15) is 0 Å². The number of aryl methyl sites for hydroxylation is 1. The van der Waals surface area contributed by atoms with E-state index in [1.54, 1.807) is 30.6 Å². The monoisotopic (exact) mass is 552 g/mol. The zero-order valence-electron chi connectivity index (χ0n) is 21.0. The third-order valence-corrected chi connectivity index (χ3v) is 8.56. The summed E-state index contributed by atoms with van der Waals surface area (Å²) in [6.45, 7) is 2.94. The topological polar surface area (TPSA) is 104 Å². The van der Waals surface area contributed by atoms with Crippen LogP contribution in [-0.4, -0.2) is 48.7 Å². The van der Waals surface area contributed by atoms with Gasteiger partial charge in [0.2, 0.25) is 10.0 Å². The number of halogens is 1. The summed E-state index contributed by atoms with van der Waals surface area (Å²) in [4.78, 5) is 22.3. The summed E-state index contributed by atoms with van der Waals surface area (Å²) in [5, 5.41) is 0.562. The first-order chi connectivity index (χ1) is 18.2. The van der Waals surface area contributed by atoms with Gasteiger partial charge in [0.1, 0.15) is 12.4 Å². The van der Waals surface area contributed by atoms with Crippen LogP contribution in [0.15, 0.2) is 53.6 Å². The fourth-order valence-corrected chi connectivity index (χ4v) is 6.75. The number of allylic oxidation sites excluding steroid dienone is 1. The second-order valence-electron chi connectivity index (χ2n) is 10.4. The molecule has 8 nitrogen and oxygen atoms in total. The molecule has 2 aliphatic carbocycles. The van der Waals surface area contributed by atoms with Crippen molar-refractivity contribution < 1.29 is 13.2 Å². The Labute approximate surface area is 226 Å². The smallest absolute Gasteiger partial charge is 0.259 e. The highest BCUT2D eigenvalue weighted by Gasteiger charge is 2.56. The number of pyridine rings is 2. The molecule has 3 heterocycles. The van der Waals surface area contributed by atoms with E-state index in [9.17, 15) is 13.2 Å². The molecule has 2 atom stereocenters. The minimum atomic E-state index is -3.15. The number of aromatic amines is 1. The lowest BCUT2D eigenvalue weighted by molar-refractivity contribution is 0.287. The van der Waals surface area contributed by atoms with Crippen molar-refractivity contribution in [2.45, 2.75) is 32.0 Å². The molecule has 2 unspecified atom stereocenters. The quantitative estimate of drug-likeness (QED) is 0.443. The number of sulfonamides is 1. The van der Waals surface area contributed by atoms with Gasteiger partial charge in [-0.1, -0.05) is 35.9 Å². The second kappa shape index (κ2) is 9.96. The van der Waals surface area contributed by atoms with Gasteiger partial charge in [0.25, 0.3) is 5.56 Å². The van der Waals surface area contributed by atoms with Crippen LogP contribution in [0.4, 0.5) is 0 Å². The predicted octanol–water partition coefficient (Wildman–Crippen LogP) is 3.47. The van der Waals surface area contributed by atoms with Crippen molar-refractivity contribution in [2.75, 3.05) is 19.3 Å². The van der Waals surface area contributed by atoms with E-state index < -0.39 is 10.0 Å². The normalized spacial score (nSPS) is 22.5. The van der Waals surface area contributed by atoms with E-state index in [4.69, 9.17) is 16.3 Å². The number of hydrogen-bond acceptors (Lipinski definition) is 6. The van der Waals surface area contributed by atoms with Gasteiger partial charge in [-0.3, -0.25) is 14.7 Å². The average Bonchev–Trinajstić information content (AvgIpc) is 3.29. The Hall–Kier alpha value is -2.98. The minimum absolute atomic E-state index is 0.103.